The van der Waals surface area contributed by atoms with Crippen LogP contribution in [0.25, 0.3) is 0 Å². The Hall–Kier alpha value is -0.610. The Morgan fingerprint density at radius 2 is 2.22 bits per heavy atom. The van der Waals surface area contributed by atoms with Gasteiger partial charge in [-0.25, -0.2) is 4.98 Å². The number of aromatic nitrogens is 1. The first-order valence-corrected chi connectivity index (χ1v) is 7.97. The Balaban J connectivity index is 1.80. The SMILES string of the molecule is CCCNCc1cnc(N(C)CC2CCCC2)s1. The van der Waals surface area contributed by atoms with Gasteiger partial charge in [-0.2, -0.15) is 0 Å². The zero-order valence-electron chi connectivity index (χ0n) is 11.6. The summed E-state index contributed by atoms with van der Waals surface area (Å²) in [5.41, 5.74) is 0. The van der Waals surface area contributed by atoms with Gasteiger partial charge in [-0.1, -0.05) is 19.8 Å². The lowest BCUT2D eigenvalue weighted by Crippen LogP contribution is -2.23. The van der Waals surface area contributed by atoms with E-state index >= 15 is 0 Å². The summed E-state index contributed by atoms with van der Waals surface area (Å²) < 4.78 is 0. The number of thiazole rings is 1. The number of rotatable bonds is 7. The van der Waals surface area contributed by atoms with Crippen molar-refractivity contribution in [1.82, 2.24) is 10.3 Å². The lowest BCUT2D eigenvalue weighted by Gasteiger charge is -2.19. The third kappa shape index (κ3) is 3.95. The molecule has 1 N–H and O–H groups in total. The monoisotopic (exact) mass is 267 g/mol. The fraction of sp³-hybridized carbons (Fsp3) is 0.786. The molecule has 0 radical (unpaired) electrons. The van der Waals surface area contributed by atoms with Gasteiger partial charge in [0.2, 0.25) is 0 Å². The van der Waals surface area contributed by atoms with Crippen LogP contribution in [-0.4, -0.2) is 25.1 Å². The van der Waals surface area contributed by atoms with Gasteiger partial charge < -0.3 is 10.2 Å². The highest BCUT2D eigenvalue weighted by Crippen LogP contribution is 2.28. The van der Waals surface area contributed by atoms with Crippen LogP contribution >= 0.6 is 11.3 Å². The molecule has 1 aromatic heterocycles. The Kier molecular flexibility index (Phi) is 5.45. The van der Waals surface area contributed by atoms with Crippen LogP contribution in [0.3, 0.4) is 0 Å². The molecule has 0 unspecified atom stereocenters. The van der Waals surface area contributed by atoms with Crippen molar-refractivity contribution in [3.05, 3.63) is 11.1 Å². The molecule has 4 heteroatoms. The first-order valence-electron chi connectivity index (χ1n) is 7.16. The van der Waals surface area contributed by atoms with Crippen LogP contribution in [0.2, 0.25) is 0 Å². The number of nitrogens with zero attached hydrogens (tertiary/aromatic N) is 2. The second kappa shape index (κ2) is 7.10. The van der Waals surface area contributed by atoms with Gasteiger partial charge in [0.1, 0.15) is 0 Å². The molecule has 0 saturated heterocycles. The van der Waals surface area contributed by atoms with E-state index in [4.69, 9.17) is 0 Å². The number of hydrogen-bond acceptors (Lipinski definition) is 4. The summed E-state index contributed by atoms with van der Waals surface area (Å²) in [6, 6.07) is 0. The summed E-state index contributed by atoms with van der Waals surface area (Å²) in [6.07, 6.45) is 8.85. The van der Waals surface area contributed by atoms with Crippen molar-refractivity contribution in [2.24, 2.45) is 5.92 Å². The maximum absolute atomic E-state index is 4.54. The van der Waals surface area contributed by atoms with Gasteiger partial charge in [0.05, 0.1) is 0 Å². The molecule has 102 valence electrons. The van der Waals surface area contributed by atoms with Crippen molar-refractivity contribution in [2.75, 3.05) is 25.0 Å². The number of hydrogen-bond donors (Lipinski definition) is 1. The predicted molar refractivity (Wildman–Crippen MR) is 79.3 cm³/mol. The van der Waals surface area contributed by atoms with Crippen molar-refractivity contribution in [1.29, 1.82) is 0 Å². The van der Waals surface area contributed by atoms with Crippen molar-refractivity contribution < 1.29 is 0 Å². The Morgan fingerprint density at radius 3 is 2.94 bits per heavy atom. The van der Waals surface area contributed by atoms with Crippen LogP contribution in [-0.2, 0) is 6.54 Å². The molecule has 0 bridgehead atoms. The minimum Gasteiger partial charge on any atom is -0.351 e. The first-order chi connectivity index (χ1) is 8.79. The summed E-state index contributed by atoms with van der Waals surface area (Å²) >= 11 is 1.83. The number of anilines is 1. The average molecular weight is 267 g/mol. The fourth-order valence-corrected chi connectivity index (χ4v) is 3.45. The van der Waals surface area contributed by atoms with Gasteiger partial charge in [0.15, 0.2) is 5.13 Å². The fourth-order valence-electron chi connectivity index (χ4n) is 2.60. The zero-order valence-corrected chi connectivity index (χ0v) is 12.4. The molecule has 0 amide bonds. The molecule has 0 spiro atoms. The zero-order chi connectivity index (χ0) is 12.8. The van der Waals surface area contributed by atoms with Crippen LogP contribution in [0, 0.1) is 5.92 Å². The summed E-state index contributed by atoms with van der Waals surface area (Å²) in [5.74, 6) is 0.889. The minimum atomic E-state index is 0.889. The van der Waals surface area contributed by atoms with Crippen LogP contribution in [0.1, 0.15) is 43.9 Å². The third-order valence-electron chi connectivity index (χ3n) is 3.60. The quantitative estimate of drug-likeness (QED) is 0.769. The maximum atomic E-state index is 4.54. The maximum Gasteiger partial charge on any atom is 0.185 e. The normalized spacial score (nSPS) is 16.3. The smallest absolute Gasteiger partial charge is 0.185 e. The highest BCUT2D eigenvalue weighted by atomic mass is 32.1. The van der Waals surface area contributed by atoms with Crippen molar-refractivity contribution in [3.63, 3.8) is 0 Å². The predicted octanol–water partition coefficient (Wildman–Crippen LogP) is 3.27. The van der Waals surface area contributed by atoms with Crippen molar-refractivity contribution in [3.8, 4) is 0 Å². The van der Waals surface area contributed by atoms with E-state index in [1.54, 1.807) is 0 Å². The lowest BCUT2D eigenvalue weighted by molar-refractivity contribution is 0.546. The van der Waals surface area contributed by atoms with Gasteiger partial charge in [-0.15, -0.1) is 11.3 Å². The molecular weight excluding hydrogens is 242 g/mol. The van der Waals surface area contributed by atoms with Gasteiger partial charge in [-0.3, -0.25) is 0 Å². The molecule has 0 aromatic carbocycles. The van der Waals surface area contributed by atoms with Crippen molar-refractivity contribution >= 4 is 16.5 Å². The Labute approximate surface area is 115 Å². The average Bonchev–Trinajstić information content (AvgIpc) is 3.00. The lowest BCUT2D eigenvalue weighted by atomic mass is 10.1. The van der Waals surface area contributed by atoms with Crippen LogP contribution in [0.15, 0.2) is 6.20 Å². The standard InChI is InChI=1S/C14H25N3S/c1-3-8-15-9-13-10-16-14(18-13)17(2)11-12-6-4-5-7-12/h10,12,15H,3-9,11H2,1-2H3. The van der Waals surface area contributed by atoms with E-state index in [1.165, 1.54) is 48.7 Å². The summed E-state index contributed by atoms with van der Waals surface area (Å²) in [7, 11) is 2.18. The molecule has 3 nitrogen and oxygen atoms in total. The van der Waals surface area contributed by atoms with E-state index < -0.39 is 0 Å². The van der Waals surface area contributed by atoms with Crippen LogP contribution in [0.5, 0.6) is 0 Å². The molecule has 0 atom stereocenters. The molecule has 18 heavy (non-hydrogen) atoms. The van der Waals surface area contributed by atoms with Gasteiger partial charge in [-0.05, 0) is 31.7 Å². The highest BCUT2D eigenvalue weighted by Gasteiger charge is 2.18. The van der Waals surface area contributed by atoms with E-state index in [0.29, 0.717) is 0 Å². The van der Waals surface area contributed by atoms with Gasteiger partial charge >= 0.3 is 0 Å². The van der Waals surface area contributed by atoms with E-state index in [2.05, 4.69) is 29.2 Å². The Morgan fingerprint density at radius 1 is 1.44 bits per heavy atom. The van der Waals surface area contributed by atoms with E-state index in [-0.39, 0.29) is 0 Å². The second-order valence-corrected chi connectivity index (χ2v) is 6.41. The highest BCUT2D eigenvalue weighted by molar-refractivity contribution is 7.15. The van der Waals surface area contributed by atoms with Crippen molar-refractivity contribution in [2.45, 2.75) is 45.6 Å². The van der Waals surface area contributed by atoms with Crippen LogP contribution < -0.4 is 10.2 Å². The van der Waals surface area contributed by atoms with Gasteiger partial charge in [0, 0.05) is 31.2 Å². The minimum absolute atomic E-state index is 0.889. The second-order valence-electron chi connectivity index (χ2n) is 5.32. The largest absolute Gasteiger partial charge is 0.351 e. The molecule has 1 aliphatic rings. The first kappa shape index (κ1) is 13.8. The number of nitrogens with one attached hydrogen (secondary N) is 1. The van der Waals surface area contributed by atoms with E-state index in [0.717, 1.165) is 19.0 Å². The third-order valence-corrected chi connectivity index (χ3v) is 4.71. The molecular formula is C14H25N3S. The molecule has 0 aliphatic heterocycles. The topological polar surface area (TPSA) is 28.2 Å². The van der Waals surface area contributed by atoms with Crippen LogP contribution in [0.4, 0.5) is 5.13 Å². The molecule has 1 aliphatic carbocycles. The molecule has 1 heterocycles. The molecule has 1 saturated carbocycles. The Bertz CT molecular complexity index is 345. The summed E-state index contributed by atoms with van der Waals surface area (Å²) in [4.78, 5) is 8.22. The molecule has 1 aromatic rings. The van der Waals surface area contributed by atoms with E-state index in [9.17, 15) is 0 Å². The van der Waals surface area contributed by atoms with Gasteiger partial charge in [0.25, 0.3) is 0 Å². The molecule has 1 fully saturated rings. The molecule has 2 rings (SSSR count). The summed E-state index contributed by atoms with van der Waals surface area (Å²) in [6.45, 7) is 5.42. The summed E-state index contributed by atoms with van der Waals surface area (Å²) in [5, 5.41) is 4.60. The van der Waals surface area contributed by atoms with E-state index in [1.807, 2.05) is 17.5 Å².